The second-order valence-electron chi connectivity index (χ2n) is 6.17. The van der Waals surface area contributed by atoms with Crippen LogP contribution in [0, 0.1) is 0 Å². The summed E-state index contributed by atoms with van der Waals surface area (Å²) in [5, 5.41) is 7.17. The Labute approximate surface area is 158 Å². The molecule has 1 fully saturated rings. The first-order chi connectivity index (χ1) is 12.8. The van der Waals surface area contributed by atoms with Crippen LogP contribution in [0.4, 0.5) is 17.2 Å². The molecule has 0 aliphatic carbocycles. The molecule has 1 aromatic heterocycles. The van der Waals surface area contributed by atoms with Gasteiger partial charge in [0.2, 0.25) is 0 Å². The van der Waals surface area contributed by atoms with Gasteiger partial charge in [0.1, 0.15) is 5.02 Å². The van der Waals surface area contributed by atoms with Crippen LogP contribution in [0.1, 0.15) is 0 Å². The fraction of sp³-hybridized carbons (Fsp3) is 0.200. The molecule has 1 aliphatic rings. The Hall–Kier alpha value is -2.63. The maximum Gasteiger partial charge on any atom is 0.161 e. The van der Waals surface area contributed by atoms with Crippen molar-refractivity contribution in [3.8, 4) is 11.4 Å². The molecule has 132 valence electrons. The first-order valence-electron chi connectivity index (χ1n) is 8.70. The van der Waals surface area contributed by atoms with E-state index in [-0.39, 0.29) is 0 Å². The molecule has 5 nitrogen and oxygen atoms in total. The molecule has 0 radical (unpaired) electrons. The summed E-state index contributed by atoms with van der Waals surface area (Å²) in [6.07, 6.45) is 1.63. The van der Waals surface area contributed by atoms with Gasteiger partial charge < -0.3 is 15.5 Å². The summed E-state index contributed by atoms with van der Waals surface area (Å²) in [7, 11) is 0. The number of anilines is 3. The minimum atomic E-state index is 0.496. The third-order valence-electron chi connectivity index (χ3n) is 4.39. The Kier molecular flexibility index (Phi) is 5.00. The van der Waals surface area contributed by atoms with E-state index in [0.717, 1.165) is 37.4 Å². The number of nitrogens with one attached hydrogen (secondary N) is 2. The van der Waals surface area contributed by atoms with Gasteiger partial charge in [-0.25, -0.2) is 9.97 Å². The van der Waals surface area contributed by atoms with Crippen molar-refractivity contribution < 1.29 is 0 Å². The average Bonchev–Trinajstić information content (AvgIpc) is 2.71. The zero-order valence-corrected chi connectivity index (χ0v) is 15.1. The minimum absolute atomic E-state index is 0.496. The third kappa shape index (κ3) is 3.79. The molecule has 4 rings (SSSR count). The van der Waals surface area contributed by atoms with Gasteiger partial charge in [0.25, 0.3) is 0 Å². The van der Waals surface area contributed by atoms with Crippen molar-refractivity contribution in [1.82, 2.24) is 15.3 Å². The topological polar surface area (TPSA) is 53.1 Å². The average molecular weight is 366 g/mol. The van der Waals surface area contributed by atoms with E-state index in [1.54, 1.807) is 6.20 Å². The van der Waals surface area contributed by atoms with Gasteiger partial charge in [-0.3, -0.25) is 0 Å². The van der Waals surface area contributed by atoms with E-state index in [1.807, 2.05) is 30.3 Å². The Morgan fingerprint density at radius 2 is 1.69 bits per heavy atom. The first kappa shape index (κ1) is 16.8. The number of piperazine rings is 1. The predicted molar refractivity (Wildman–Crippen MR) is 107 cm³/mol. The second-order valence-corrected chi connectivity index (χ2v) is 6.57. The first-order valence-corrected chi connectivity index (χ1v) is 9.08. The van der Waals surface area contributed by atoms with Crippen LogP contribution in [-0.4, -0.2) is 36.1 Å². The monoisotopic (exact) mass is 365 g/mol. The van der Waals surface area contributed by atoms with Crippen molar-refractivity contribution >= 4 is 28.8 Å². The molecule has 0 spiro atoms. The molecule has 6 heteroatoms. The zero-order valence-electron chi connectivity index (χ0n) is 14.3. The highest BCUT2D eigenvalue weighted by Crippen LogP contribution is 2.27. The Balaban J connectivity index is 1.53. The van der Waals surface area contributed by atoms with Gasteiger partial charge in [0.05, 0.1) is 6.20 Å². The van der Waals surface area contributed by atoms with Crippen molar-refractivity contribution in [2.45, 2.75) is 0 Å². The Morgan fingerprint density at radius 1 is 0.962 bits per heavy atom. The number of aromatic nitrogens is 2. The van der Waals surface area contributed by atoms with E-state index in [0.29, 0.717) is 16.7 Å². The maximum absolute atomic E-state index is 6.28. The molecule has 3 aromatic rings. The van der Waals surface area contributed by atoms with Gasteiger partial charge in [0, 0.05) is 43.1 Å². The van der Waals surface area contributed by atoms with Gasteiger partial charge in [0.15, 0.2) is 11.6 Å². The van der Waals surface area contributed by atoms with Crippen LogP contribution < -0.4 is 15.5 Å². The van der Waals surface area contributed by atoms with Crippen molar-refractivity contribution in [2.75, 3.05) is 36.4 Å². The van der Waals surface area contributed by atoms with Crippen LogP contribution >= 0.6 is 11.6 Å². The molecule has 1 saturated heterocycles. The largest absolute Gasteiger partial charge is 0.369 e. The maximum atomic E-state index is 6.28. The number of nitrogens with zero attached hydrogens (tertiary/aromatic N) is 3. The van der Waals surface area contributed by atoms with E-state index < -0.39 is 0 Å². The number of benzene rings is 2. The Morgan fingerprint density at radius 3 is 2.42 bits per heavy atom. The fourth-order valence-electron chi connectivity index (χ4n) is 3.00. The molecule has 2 heterocycles. The summed E-state index contributed by atoms with van der Waals surface area (Å²) in [6, 6.07) is 18.2. The molecule has 0 atom stereocenters. The van der Waals surface area contributed by atoms with Gasteiger partial charge in [-0.05, 0) is 24.3 Å². The number of hydrogen-bond donors (Lipinski definition) is 2. The van der Waals surface area contributed by atoms with Gasteiger partial charge in [-0.2, -0.15) is 0 Å². The van der Waals surface area contributed by atoms with Crippen molar-refractivity contribution in [2.24, 2.45) is 0 Å². The van der Waals surface area contributed by atoms with Crippen LogP contribution in [0.2, 0.25) is 5.02 Å². The van der Waals surface area contributed by atoms with E-state index in [4.69, 9.17) is 11.6 Å². The standard InChI is InChI=1S/C20H20ClN5/c21-18-14-23-19(15-4-2-1-3-5-15)25-20(18)24-16-6-8-17(9-7-16)26-12-10-22-11-13-26/h1-9,14,22H,10-13H2,(H,23,24,25). The summed E-state index contributed by atoms with van der Waals surface area (Å²) in [4.78, 5) is 11.3. The third-order valence-corrected chi connectivity index (χ3v) is 4.66. The molecule has 0 saturated carbocycles. The smallest absolute Gasteiger partial charge is 0.161 e. The quantitative estimate of drug-likeness (QED) is 0.733. The summed E-state index contributed by atoms with van der Waals surface area (Å²) in [5.74, 6) is 1.25. The lowest BCUT2D eigenvalue weighted by Gasteiger charge is -2.29. The van der Waals surface area contributed by atoms with Gasteiger partial charge in [-0.1, -0.05) is 41.9 Å². The lowest BCUT2D eigenvalue weighted by atomic mass is 10.2. The van der Waals surface area contributed by atoms with Crippen LogP contribution in [0.15, 0.2) is 60.8 Å². The predicted octanol–water partition coefficient (Wildman–Crippen LogP) is 3.95. The normalized spacial score (nSPS) is 14.3. The highest BCUT2D eigenvalue weighted by Gasteiger charge is 2.11. The summed E-state index contributed by atoms with van der Waals surface area (Å²) < 4.78 is 0. The molecular formula is C20H20ClN5. The molecule has 26 heavy (non-hydrogen) atoms. The Bertz CT molecular complexity index is 861. The lowest BCUT2D eigenvalue weighted by Crippen LogP contribution is -2.43. The van der Waals surface area contributed by atoms with E-state index >= 15 is 0 Å². The molecule has 0 unspecified atom stereocenters. The number of rotatable bonds is 4. The van der Waals surface area contributed by atoms with Crippen LogP contribution in [0.5, 0.6) is 0 Å². The summed E-state index contributed by atoms with van der Waals surface area (Å²) in [6.45, 7) is 4.12. The minimum Gasteiger partial charge on any atom is -0.369 e. The van der Waals surface area contributed by atoms with Crippen LogP contribution in [0.3, 0.4) is 0 Å². The van der Waals surface area contributed by atoms with Crippen molar-refractivity contribution in [3.63, 3.8) is 0 Å². The fourth-order valence-corrected chi connectivity index (χ4v) is 3.13. The molecular weight excluding hydrogens is 346 g/mol. The number of halogens is 1. The summed E-state index contributed by atoms with van der Waals surface area (Å²) >= 11 is 6.28. The highest BCUT2D eigenvalue weighted by molar-refractivity contribution is 6.32. The van der Waals surface area contributed by atoms with E-state index in [2.05, 4.69) is 49.8 Å². The van der Waals surface area contributed by atoms with Gasteiger partial charge >= 0.3 is 0 Å². The molecule has 2 N–H and O–H groups in total. The molecule has 1 aliphatic heterocycles. The van der Waals surface area contributed by atoms with Crippen molar-refractivity contribution in [1.29, 1.82) is 0 Å². The van der Waals surface area contributed by atoms with E-state index in [1.165, 1.54) is 5.69 Å². The summed E-state index contributed by atoms with van der Waals surface area (Å²) in [5.41, 5.74) is 3.14. The van der Waals surface area contributed by atoms with Crippen molar-refractivity contribution in [3.05, 3.63) is 65.8 Å². The zero-order chi connectivity index (χ0) is 17.8. The van der Waals surface area contributed by atoms with Crippen LogP contribution in [-0.2, 0) is 0 Å². The second kappa shape index (κ2) is 7.72. The highest BCUT2D eigenvalue weighted by atomic mass is 35.5. The van der Waals surface area contributed by atoms with Crippen LogP contribution in [0.25, 0.3) is 11.4 Å². The SMILES string of the molecule is Clc1cnc(-c2ccccc2)nc1Nc1ccc(N2CCNCC2)cc1. The molecule has 2 aromatic carbocycles. The molecule has 0 bridgehead atoms. The molecule has 0 amide bonds. The number of hydrogen-bond acceptors (Lipinski definition) is 5. The van der Waals surface area contributed by atoms with E-state index in [9.17, 15) is 0 Å². The van der Waals surface area contributed by atoms with Gasteiger partial charge in [-0.15, -0.1) is 0 Å². The lowest BCUT2D eigenvalue weighted by molar-refractivity contribution is 0.589.